The Morgan fingerprint density at radius 3 is 3.00 bits per heavy atom. The Bertz CT molecular complexity index is 455. The zero-order valence-corrected chi connectivity index (χ0v) is 10.4. The summed E-state index contributed by atoms with van der Waals surface area (Å²) in [6.07, 6.45) is 4.69. The monoisotopic (exact) mass is 251 g/mol. The van der Waals surface area contributed by atoms with E-state index in [9.17, 15) is 9.59 Å². The first-order valence-corrected chi connectivity index (χ1v) is 6.12. The molecule has 2 rings (SSSR count). The second kappa shape index (κ2) is 5.20. The van der Waals surface area contributed by atoms with Gasteiger partial charge < -0.3 is 14.6 Å². The van der Waals surface area contributed by atoms with E-state index in [1.54, 1.807) is 11.1 Å². The van der Waals surface area contributed by atoms with Crippen LogP contribution in [0.3, 0.4) is 0 Å². The molecule has 1 aromatic heterocycles. The molecule has 0 bridgehead atoms. The third-order valence-corrected chi connectivity index (χ3v) is 3.16. The first-order chi connectivity index (χ1) is 8.61. The molecule has 0 radical (unpaired) electrons. The average Bonchev–Trinajstić information content (AvgIpc) is 2.89. The highest BCUT2D eigenvalue weighted by Crippen LogP contribution is 2.19. The third kappa shape index (κ3) is 2.52. The van der Waals surface area contributed by atoms with Gasteiger partial charge in [-0.25, -0.2) is 4.98 Å². The first-order valence-electron chi connectivity index (χ1n) is 6.12. The van der Waals surface area contributed by atoms with E-state index >= 15 is 0 Å². The van der Waals surface area contributed by atoms with Gasteiger partial charge in [-0.05, 0) is 6.42 Å². The molecule has 0 aromatic carbocycles. The molecule has 0 unspecified atom stereocenters. The van der Waals surface area contributed by atoms with E-state index in [4.69, 9.17) is 5.11 Å². The van der Waals surface area contributed by atoms with E-state index in [2.05, 4.69) is 11.9 Å². The Morgan fingerprint density at radius 2 is 2.39 bits per heavy atom. The van der Waals surface area contributed by atoms with Crippen molar-refractivity contribution < 1.29 is 14.7 Å². The maximum atomic E-state index is 11.7. The summed E-state index contributed by atoms with van der Waals surface area (Å²) in [4.78, 5) is 28.4. The van der Waals surface area contributed by atoms with Crippen LogP contribution < -0.4 is 0 Å². The predicted molar refractivity (Wildman–Crippen MR) is 63.7 cm³/mol. The molecule has 1 aliphatic rings. The molecule has 98 valence electrons. The van der Waals surface area contributed by atoms with Gasteiger partial charge in [-0.3, -0.25) is 9.59 Å². The van der Waals surface area contributed by atoms with Crippen LogP contribution in [0.1, 0.15) is 25.6 Å². The second-order valence-electron chi connectivity index (χ2n) is 4.55. The average molecular weight is 251 g/mol. The molecular formula is C12H17N3O3. The van der Waals surface area contributed by atoms with Gasteiger partial charge >= 0.3 is 5.97 Å². The van der Waals surface area contributed by atoms with Crippen molar-refractivity contribution in [3.8, 4) is 0 Å². The van der Waals surface area contributed by atoms with Crippen molar-refractivity contribution in [2.45, 2.75) is 32.9 Å². The molecule has 1 aromatic rings. The fourth-order valence-corrected chi connectivity index (χ4v) is 2.20. The number of rotatable bonds is 5. The van der Waals surface area contributed by atoms with E-state index in [1.807, 2.05) is 10.8 Å². The highest BCUT2D eigenvalue weighted by molar-refractivity contribution is 5.85. The molecule has 1 aliphatic heterocycles. The van der Waals surface area contributed by atoms with Crippen LogP contribution in [0.2, 0.25) is 0 Å². The Morgan fingerprint density at radius 1 is 1.61 bits per heavy atom. The first kappa shape index (κ1) is 12.6. The molecule has 1 amide bonds. The zero-order chi connectivity index (χ0) is 13.1. The Balaban J connectivity index is 2.03. The number of nitrogens with zero attached hydrogens (tertiary/aromatic N) is 3. The van der Waals surface area contributed by atoms with Gasteiger partial charge in [0.05, 0.1) is 12.5 Å². The molecule has 6 heteroatoms. The number of carbonyl (C=O) groups is 2. The van der Waals surface area contributed by atoms with Gasteiger partial charge in [0.1, 0.15) is 5.82 Å². The maximum absolute atomic E-state index is 11.7. The Labute approximate surface area is 105 Å². The molecule has 1 saturated heterocycles. The van der Waals surface area contributed by atoms with E-state index in [0.717, 1.165) is 18.8 Å². The Hall–Kier alpha value is -1.85. The summed E-state index contributed by atoms with van der Waals surface area (Å²) in [5.74, 6) is -0.764. The van der Waals surface area contributed by atoms with Gasteiger partial charge in [0, 0.05) is 31.9 Å². The highest BCUT2D eigenvalue weighted by atomic mass is 16.4. The minimum absolute atomic E-state index is 0.101. The van der Waals surface area contributed by atoms with Crippen molar-refractivity contribution in [2.24, 2.45) is 5.92 Å². The van der Waals surface area contributed by atoms with Crippen LogP contribution in [0.15, 0.2) is 12.4 Å². The minimum Gasteiger partial charge on any atom is -0.481 e. The number of likely N-dealkylation sites (tertiary alicyclic amines) is 1. The highest BCUT2D eigenvalue weighted by Gasteiger charge is 2.34. The largest absolute Gasteiger partial charge is 0.481 e. The number of imidazole rings is 1. The number of amides is 1. The summed E-state index contributed by atoms with van der Waals surface area (Å²) in [5.41, 5.74) is 0. The quantitative estimate of drug-likeness (QED) is 0.837. The van der Waals surface area contributed by atoms with Gasteiger partial charge in [0.2, 0.25) is 5.91 Å². The van der Waals surface area contributed by atoms with Crippen LogP contribution in [0.25, 0.3) is 0 Å². The normalized spacial score (nSPS) is 19.5. The zero-order valence-electron chi connectivity index (χ0n) is 10.4. The molecule has 0 spiro atoms. The van der Waals surface area contributed by atoms with Gasteiger partial charge in [-0.15, -0.1) is 0 Å². The number of aliphatic carboxylic acids is 1. The lowest BCUT2D eigenvalue weighted by Gasteiger charge is -2.16. The Kier molecular flexibility index (Phi) is 3.64. The van der Waals surface area contributed by atoms with Crippen LogP contribution in [0, 0.1) is 5.92 Å². The predicted octanol–water partition coefficient (Wildman–Crippen LogP) is 0.726. The van der Waals surface area contributed by atoms with Crippen molar-refractivity contribution in [1.29, 1.82) is 0 Å². The smallest absolute Gasteiger partial charge is 0.308 e. The summed E-state index contributed by atoms with van der Waals surface area (Å²) < 4.78 is 2.00. The molecule has 0 aliphatic carbocycles. The lowest BCUT2D eigenvalue weighted by atomic mass is 10.1. The molecule has 2 heterocycles. The fraction of sp³-hybridized carbons (Fsp3) is 0.583. The lowest BCUT2D eigenvalue weighted by Crippen LogP contribution is -2.27. The molecule has 0 saturated carbocycles. The van der Waals surface area contributed by atoms with Gasteiger partial charge in [-0.1, -0.05) is 6.92 Å². The van der Waals surface area contributed by atoms with Crippen molar-refractivity contribution in [3.05, 3.63) is 18.2 Å². The lowest BCUT2D eigenvalue weighted by molar-refractivity contribution is -0.141. The number of aromatic nitrogens is 2. The number of carboxylic acid groups (broad SMARTS) is 1. The summed E-state index contributed by atoms with van der Waals surface area (Å²) >= 11 is 0. The van der Waals surface area contributed by atoms with E-state index in [-0.39, 0.29) is 18.9 Å². The summed E-state index contributed by atoms with van der Waals surface area (Å²) in [7, 11) is 0. The third-order valence-electron chi connectivity index (χ3n) is 3.16. The van der Waals surface area contributed by atoms with Crippen LogP contribution in [0.4, 0.5) is 0 Å². The van der Waals surface area contributed by atoms with Crippen LogP contribution >= 0.6 is 0 Å². The van der Waals surface area contributed by atoms with Crippen molar-refractivity contribution in [3.63, 3.8) is 0 Å². The number of hydrogen-bond acceptors (Lipinski definition) is 3. The van der Waals surface area contributed by atoms with Crippen molar-refractivity contribution in [1.82, 2.24) is 14.5 Å². The van der Waals surface area contributed by atoms with E-state index in [0.29, 0.717) is 6.54 Å². The number of hydrogen-bond donors (Lipinski definition) is 1. The summed E-state index contributed by atoms with van der Waals surface area (Å²) in [5, 5.41) is 8.91. The van der Waals surface area contributed by atoms with Crippen LogP contribution in [0.5, 0.6) is 0 Å². The maximum Gasteiger partial charge on any atom is 0.308 e. The summed E-state index contributed by atoms with van der Waals surface area (Å²) in [6, 6.07) is 0. The van der Waals surface area contributed by atoms with Gasteiger partial charge in [0.15, 0.2) is 0 Å². The van der Waals surface area contributed by atoms with Crippen LogP contribution in [-0.2, 0) is 22.7 Å². The van der Waals surface area contributed by atoms with Crippen molar-refractivity contribution >= 4 is 11.9 Å². The van der Waals surface area contributed by atoms with E-state index in [1.165, 1.54) is 0 Å². The molecule has 1 N–H and O–H groups in total. The number of aryl methyl sites for hydroxylation is 1. The van der Waals surface area contributed by atoms with Gasteiger partial charge in [-0.2, -0.15) is 0 Å². The van der Waals surface area contributed by atoms with E-state index < -0.39 is 11.9 Å². The topological polar surface area (TPSA) is 75.4 Å². The molecule has 1 atom stereocenters. The standard InChI is InChI=1S/C12H17N3O3/c1-2-4-14-5-3-13-10(14)8-15-7-9(12(17)18)6-11(15)16/h3,5,9H,2,4,6-8H2,1H3,(H,17,18)/t9-/m0/s1. The van der Waals surface area contributed by atoms with Crippen LogP contribution in [-0.4, -0.2) is 38.0 Å². The fourth-order valence-electron chi connectivity index (χ4n) is 2.20. The number of carbonyl (C=O) groups excluding carboxylic acids is 1. The van der Waals surface area contributed by atoms with Crippen molar-refractivity contribution in [2.75, 3.05) is 6.54 Å². The SMILES string of the molecule is CCCn1ccnc1CN1C[C@@H](C(=O)O)CC1=O. The summed E-state index contributed by atoms with van der Waals surface area (Å²) in [6.45, 7) is 3.62. The number of carboxylic acids is 1. The second-order valence-corrected chi connectivity index (χ2v) is 4.55. The minimum atomic E-state index is -0.900. The molecule has 18 heavy (non-hydrogen) atoms. The molecule has 1 fully saturated rings. The van der Waals surface area contributed by atoms with Gasteiger partial charge in [0.25, 0.3) is 0 Å². The molecule has 6 nitrogen and oxygen atoms in total. The molecular weight excluding hydrogens is 234 g/mol.